The van der Waals surface area contributed by atoms with Gasteiger partial charge in [0.1, 0.15) is 17.6 Å². The monoisotopic (exact) mass is 333 g/mol. The minimum atomic E-state index is -0.399. The third-order valence-electron chi connectivity index (χ3n) is 3.87. The van der Waals surface area contributed by atoms with Gasteiger partial charge in [0.15, 0.2) is 0 Å². The summed E-state index contributed by atoms with van der Waals surface area (Å²) in [6, 6.07) is 7.03. The van der Waals surface area contributed by atoms with E-state index in [1.807, 2.05) is 22.4 Å². The number of hydrogen-bond acceptors (Lipinski definition) is 5. The molecule has 5 nitrogen and oxygen atoms in total. The Morgan fingerprint density at radius 2 is 2.17 bits per heavy atom. The van der Waals surface area contributed by atoms with E-state index < -0.39 is 5.63 Å². The molecule has 2 aromatic rings. The highest BCUT2D eigenvalue weighted by atomic mass is 32.1. The first-order chi connectivity index (χ1) is 11.1. The van der Waals surface area contributed by atoms with E-state index in [1.54, 1.807) is 24.3 Å². The fraction of sp³-hybridized carbons (Fsp3) is 0.412. The van der Waals surface area contributed by atoms with Gasteiger partial charge in [0.05, 0.1) is 12.5 Å². The smallest absolute Gasteiger partial charge is 0.339 e. The van der Waals surface area contributed by atoms with Crippen LogP contribution in [0.1, 0.15) is 23.5 Å². The number of nitrogens with zero attached hydrogens (tertiary/aromatic N) is 1. The van der Waals surface area contributed by atoms with Crippen LogP contribution in [0.25, 0.3) is 0 Å². The van der Waals surface area contributed by atoms with Crippen molar-refractivity contribution in [2.24, 2.45) is 0 Å². The Morgan fingerprint density at radius 3 is 2.83 bits per heavy atom. The number of thiophene rings is 1. The topological polar surface area (TPSA) is 59.8 Å². The Morgan fingerprint density at radius 1 is 1.39 bits per heavy atom. The lowest BCUT2D eigenvalue weighted by atomic mass is 10.1. The maximum Gasteiger partial charge on any atom is 0.339 e. The summed E-state index contributed by atoms with van der Waals surface area (Å²) in [6.45, 7) is 3.10. The molecule has 1 fully saturated rings. The highest BCUT2D eigenvalue weighted by Gasteiger charge is 2.24. The number of ether oxygens (including phenoxy) is 1. The molecule has 2 aromatic heterocycles. The fourth-order valence-corrected chi connectivity index (χ4v) is 3.43. The minimum Gasteiger partial charge on any atom is -0.490 e. The van der Waals surface area contributed by atoms with E-state index in [0.29, 0.717) is 31.0 Å². The van der Waals surface area contributed by atoms with Crippen molar-refractivity contribution in [2.45, 2.75) is 32.3 Å². The maximum atomic E-state index is 12.3. The average molecular weight is 333 g/mol. The molecule has 1 saturated heterocycles. The third kappa shape index (κ3) is 4.22. The maximum absolute atomic E-state index is 12.3. The molecule has 0 radical (unpaired) electrons. The summed E-state index contributed by atoms with van der Waals surface area (Å²) in [6.07, 6.45) is 2.05. The predicted octanol–water partition coefficient (Wildman–Crippen LogP) is 2.62. The lowest BCUT2D eigenvalue weighted by molar-refractivity contribution is -0.132. The molecule has 0 spiro atoms. The predicted molar refractivity (Wildman–Crippen MR) is 88.0 cm³/mol. The van der Waals surface area contributed by atoms with Gasteiger partial charge in [0.25, 0.3) is 0 Å². The minimum absolute atomic E-state index is 0.0296. The molecule has 23 heavy (non-hydrogen) atoms. The van der Waals surface area contributed by atoms with Gasteiger partial charge in [-0.25, -0.2) is 4.79 Å². The Hall–Kier alpha value is -2.08. The van der Waals surface area contributed by atoms with Crippen LogP contribution in [0.2, 0.25) is 0 Å². The van der Waals surface area contributed by atoms with Crippen molar-refractivity contribution in [3.8, 4) is 5.75 Å². The average Bonchev–Trinajstić information content (AvgIpc) is 3.00. The molecule has 6 heteroatoms. The first-order valence-electron chi connectivity index (χ1n) is 7.69. The van der Waals surface area contributed by atoms with E-state index in [9.17, 15) is 9.59 Å². The van der Waals surface area contributed by atoms with Crippen molar-refractivity contribution in [3.63, 3.8) is 0 Å². The zero-order valence-corrected chi connectivity index (χ0v) is 13.8. The lowest BCUT2D eigenvalue weighted by Gasteiger charge is -2.32. The Balaban J connectivity index is 1.52. The van der Waals surface area contributed by atoms with Crippen LogP contribution < -0.4 is 10.4 Å². The number of piperidine rings is 1. The number of amides is 1. The molecule has 3 heterocycles. The molecule has 1 amide bonds. The van der Waals surface area contributed by atoms with E-state index in [0.717, 1.165) is 17.7 Å². The van der Waals surface area contributed by atoms with Crippen LogP contribution in [0.3, 0.4) is 0 Å². The summed E-state index contributed by atoms with van der Waals surface area (Å²) in [5, 5.41) is 1.99. The van der Waals surface area contributed by atoms with Crippen LogP contribution in [0.5, 0.6) is 5.75 Å². The first-order valence-corrected chi connectivity index (χ1v) is 8.57. The van der Waals surface area contributed by atoms with Gasteiger partial charge in [-0.3, -0.25) is 4.79 Å². The zero-order valence-electron chi connectivity index (χ0n) is 13.0. The van der Waals surface area contributed by atoms with Crippen LogP contribution >= 0.6 is 11.3 Å². The molecular weight excluding hydrogens is 314 g/mol. The second-order valence-corrected chi connectivity index (χ2v) is 6.71. The largest absolute Gasteiger partial charge is 0.490 e. The molecule has 0 saturated carbocycles. The van der Waals surface area contributed by atoms with E-state index in [4.69, 9.17) is 9.15 Å². The van der Waals surface area contributed by atoms with Gasteiger partial charge < -0.3 is 14.1 Å². The van der Waals surface area contributed by atoms with Crippen molar-refractivity contribution >= 4 is 17.2 Å². The Labute approximate surface area is 138 Å². The van der Waals surface area contributed by atoms with E-state index >= 15 is 0 Å². The Bertz CT molecular complexity index is 714. The van der Waals surface area contributed by atoms with E-state index in [-0.39, 0.29) is 12.0 Å². The molecule has 0 unspecified atom stereocenters. The van der Waals surface area contributed by atoms with Crippen molar-refractivity contribution in [3.05, 3.63) is 50.7 Å². The molecule has 0 N–H and O–H groups in total. The molecule has 0 atom stereocenters. The normalized spacial score (nSPS) is 15.6. The van der Waals surface area contributed by atoms with E-state index in [2.05, 4.69) is 0 Å². The summed E-state index contributed by atoms with van der Waals surface area (Å²) in [7, 11) is 0. The third-order valence-corrected chi connectivity index (χ3v) is 4.75. The van der Waals surface area contributed by atoms with Gasteiger partial charge in [-0.1, -0.05) is 6.07 Å². The number of likely N-dealkylation sites (tertiary alicyclic amines) is 1. The van der Waals surface area contributed by atoms with Gasteiger partial charge in [-0.05, 0) is 18.4 Å². The van der Waals surface area contributed by atoms with Gasteiger partial charge in [-0.2, -0.15) is 0 Å². The SMILES string of the molecule is Cc1cc(OC2CCN(C(=O)Cc3cccs3)CC2)cc(=O)o1. The van der Waals surface area contributed by atoms with Crippen LogP contribution in [0.4, 0.5) is 0 Å². The molecule has 0 aromatic carbocycles. The molecule has 1 aliphatic heterocycles. The summed E-state index contributed by atoms with van der Waals surface area (Å²) in [5.74, 6) is 1.25. The summed E-state index contributed by atoms with van der Waals surface area (Å²) >= 11 is 1.61. The van der Waals surface area contributed by atoms with Crippen LogP contribution in [-0.4, -0.2) is 30.0 Å². The lowest BCUT2D eigenvalue weighted by Crippen LogP contribution is -2.42. The van der Waals surface area contributed by atoms with Gasteiger partial charge in [0, 0.05) is 36.9 Å². The molecule has 3 rings (SSSR count). The van der Waals surface area contributed by atoms with Crippen LogP contribution in [0.15, 0.2) is 38.9 Å². The number of rotatable bonds is 4. The molecule has 1 aliphatic rings. The van der Waals surface area contributed by atoms with Crippen molar-refractivity contribution in [2.75, 3.05) is 13.1 Å². The van der Waals surface area contributed by atoms with Crippen LogP contribution in [0, 0.1) is 6.92 Å². The van der Waals surface area contributed by atoms with Crippen molar-refractivity contribution in [1.82, 2.24) is 4.90 Å². The number of carbonyl (C=O) groups is 1. The number of hydrogen-bond donors (Lipinski definition) is 0. The number of aryl methyl sites for hydroxylation is 1. The highest BCUT2D eigenvalue weighted by molar-refractivity contribution is 7.10. The standard InChI is InChI=1S/C17H19NO4S/c1-12-9-14(10-17(20)21-12)22-13-4-6-18(7-5-13)16(19)11-15-3-2-8-23-15/h2-3,8-10,13H,4-7,11H2,1H3. The second kappa shape index (κ2) is 7.00. The summed E-state index contributed by atoms with van der Waals surface area (Å²) in [5.41, 5.74) is -0.399. The van der Waals surface area contributed by atoms with Crippen LogP contribution in [-0.2, 0) is 11.2 Å². The van der Waals surface area contributed by atoms with Crippen molar-refractivity contribution < 1.29 is 13.9 Å². The number of carbonyl (C=O) groups excluding carboxylic acids is 1. The van der Waals surface area contributed by atoms with Gasteiger partial charge >= 0.3 is 5.63 Å². The van der Waals surface area contributed by atoms with Crippen molar-refractivity contribution in [1.29, 1.82) is 0 Å². The second-order valence-electron chi connectivity index (χ2n) is 5.68. The molecule has 122 valence electrons. The molecule has 0 bridgehead atoms. The Kier molecular flexibility index (Phi) is 4.81. The highest BCUT2D eigenvalue weighted by Crippen LogP contribution is 2.20. The quantitative estimate of drug-likeness (QED) is 0.863. The molecule has 0 aliphatic carbocycles. The van der Waals surface area contributed by atoms with Gasteiger partial charge in [-0.15, -0.1) is 11.3 Å². The van der Waals surface area contributed by atoms with E-state index in [1.165, 1.54) is 6.07 Å². The zero-order chi connectivity index (χ0) is 16.2. The summed E-state index contributed by atoms with van der Waals surface area (Å²) < 4.78 is 10.8. The summed E-state index contributed by atoms with van der Waals surface area (Å²) in [4.78, 5) is 26.6. The first kappa shape index (κ1) is 15.8. The molecular formula is C17H19NO4S. The fourth-order valence-electron chi connectivity index (χ4n) is 2.73. The van der Waals surface area contributed by atoms with Gasteiger partial charge in [0.2, 0.25) is 5.91 Å².